The van der Waals surface area contributed by atoms with Crippen molar-refractivity contribution in [2.24, 2.45) is 0 Å². The standard InChI is InChI=1S/C13H7ClFN3O2/c14-10-2-1-3-11(13(10)15)17-9-4-5-12(18(19)20)8(6-9)7-16/h1-6,17H. The number of benzene rings is 2. The molecule has 0 heterocycles. The fourth-order valence-corrected chi connectivity index (χ4v) is 1.79. The van der Waals surface area contributed by atoms with Gasteiger partial charge in [-0.15, -0.1) is 0 Å². The first-order valence-corrected chi connectivity index (χ1v) is 5.80. The zero-order valence-corrected chi connectivity index (χ0v) is 10.7. The largest absolute Gasteiger partial charge is 0.353 e. The summed E-state index contributed by atoms with van der Waals surface area (Å²) in [6.07, 6.45) is 0. The van der Waals surface area contributed by atoms with Crippen LogP contribution in [0.25, 0.3) is 0 Å². The van der Waals surface area contributed by atoms with Crippen LogP contribution in [0.5, 0.6) is 0 Å². The Bertz CT molecular complexity index is 728. The summed E-state index contributed by atoms with van der Waals surface area (Å²) >= 11 is 5.65. The average Bonchev–Trinajstić information content (AvgIpc) is 2.43. The predicted molar refractivity (Wildman–Crippen MR) is 72.5 cm³/mol. The molecule has 0 spiro atoms. The van der Waals surface area contributed by atoms with Crippen molar-refractivity contribution >= 4 is 28.7 Å². The minimum atomic E-state index is -0.650. The van der Waals surface area contributed by atoms with Crippen LogP contribution in [0.3, 0.4) is 0 Å². The summed E-state index contributed by atoms with van der Waals surface area (Å²) in [6, 6.07) is 10.0. The number of nitrogens with one attached hydrogen (secondary N) is 1. The third-order valence-corrected chi connectivity index (χ3v) is 2.84. The molecule has 0 atom stereocenters. The smallest absolute Gasteiger partial charge is 0.287 e. The molecule has 0 aromatic heterocycles. The zero-order chi connectivity index (χ0) is 14.7. The number of hydrogen-bond donors (Lipinski definition) is 1. The van der Waals surface area contributed by atoms with Gasteiger partial charge < -0.3 is 5.32 Å². The van der Waals surface area contributed by atoms with E-state index in [4.69, 9.17) is 16.9 Å². The molecular formula is C13H7ClFN3O2. The Morgan fingerprint density at radius 2 is 2.10 bits per heavy atom. The van der Waals surface area contributed by atoms with Crippen molar-refractivity contribution in [3.05, 3.63) is 62.9 Å². The van der Waals surface area contributed by atoms with Crippen molar-refractivity contribution in [2.75, 3.05) is 5.32 Å². The Balaban J connectivity index is 2.38. The minimum Gasteiger partial charge on any atom is -0.353 e. The fourth-order valence-electron chi connectivity index (χ4n) is 1.62. The molecule has 0 aliphatic rings. The van der Waals surface area contributed by atoms with Crippen LogP contribution in [0, 0.1) is 27.3 Å². The Kier molecular flexibility index (Phi) is 3.82. The van der Waals surface area contributed by atoms with Crippen LogP contribution in [0.2, 0.25) is 5.02 Å². The van der Waals surface area contributed by atoms with Gasteiger partial charge in [0.1, 0.15) is 11.6 Å². The lowest BCUT2D eigenvalue weighted by atomic mass is 10.1. The molecule has 0 aliphatic heterocycles. The van der Waals surface area contributed by atoms with Crippen molar-refractivity contribution in [1.29, 1.82) is 5.26 Å². The first-order chi connectivity index (χ1) is 9.52. The lowest BCUT2D eigenvalue weighted by Crippen LogP contribution is -1.97. The number of rotatable bonds is 3. The number of nitro groups is 1. The van der Waals surface area contributed by atoms with Gasteiger partial charge in [0.2, 0.25) is 0 Å². The van der Waals surface area contributed by atoms with Crippen molar-refractivity contribution < 1.29 is 9.31 Å². The highest BCUT2D eigenvalue weighted by atomic mass is 35.5. The first kappa shape index (κ1) is 13.8. The second-order valence-electron chi connectivity index (χ2n) is 3.83. The van der Waals surface area contributed by atoms with Gasteiger partial charge in [-0.05, 0) is 24.3 Å². The molecule has 0 radical (unpaired) electrons. The van der Waals surface area contributed by atoms with Crippen molar-refractivity contribution in [1.82, 2.24) is 0 Å². The minimum absolute atomic E-state index is 0.0441. The van der Waals surface area contributed by atoms with E-state index < -0.39 is 10.7 Å². The molecule has 100 valence electrons. The van der Waals surface area contributed by atoms with Gasteiger partial charge in [-0.2, -0.15) is 5.26 Å². The van der Waals surface area contributed by atoms with Gasteiger partial charge in [0, 0.05) is 11.8 Å². The van der Waals surface area contributed by atoms with E-state index in [2.05, 4.69) is 5.32 Å². The summed E-state index contributed by atoms with van der Waals surface area (Å²) in [5.41, 5.74) is 0.0654. The Morgan fingerprint density at radius 3 is 2.75 bits per heavy atom. The molecule has 0 fully saturated rings. The zero-order valence-electron chi connectivity index (χ0n) is 9.93. The van der Waals surface area contributed by atoms with Crippen molar-refractivity contribution in [3.63, 3.8) is 0 Å². The van der Waals surface area contributed by atoms with Gasteiger partial charge in [-0.3, -0.25) is 10.1 Å². The second-order valence-corrected chi connectivity index (χ2v) is 4.23. The highest BCUT2D eigenvalue weighted by Crippen LogP contribution is 2.28. The molecule has 2 aromatic carbocycles. The van der Waals surface area contributed by atoms with E-state index in [1.54, 1.807) is 12.1 Å². The number of hydrogen-bond acceptors (Lipinski definition) is 4. The molecule has 0 bridgehead atoms. The van der Waals surface area contributed by atoms with Crippen LogP contribution in [0.4, 0.5) is 21.5 Å². The van der Waals surface area contributed by atoms with Crippen molar-refractivity contribution in [2.45, 2.75) is 0 Å². The predicted octanol–water partition coefficient (Wildman–Crippen LogP) is 4.00. The summed E-state index contributed by atoms with van der Waals surface area (Å²) in [4.78, 5) is 10.1. The fraction of sp³-hybridized carbons (Fsp3) is 0. The molecule has 0 unspecified atom stereocenters. The number of nitro benzene ring substituents is 1. The number of anilines is 2. The molecular weight excluding hydrogens is 285 g/mol. The number of nitriles is 1. The van der Waals surface area contributed by atoms with Gasteiger partial charge in [0.25, 0.3) is 5.69 Å². The quantitative estimate of drug-likeness (QED) is 0.684. The molecule has 2 rings (SSSR count). The summed E-state index contributed by atoms with van der Waals surface area (Å²) < 4.78 is 13.7. The molecule has 5 nitrogen and oxygen atoms in total. The van der Waals surface area contributed by atoms with Crippen LogP contribution in [0.1, 0.15) is 5.56 Å². The third-order valence-electron chi connectivity index (χ3n) is 2.54. The third kappa shape index (κ3) is 2.68. The molecule has 1 N–H and O–H groups in total. The van der Waals surface area contributed by atoms with E-state index >= 15 is 0 Å². The summed E-state index contributed by atoms with van der Waals surface area (Å²) in [7, 11) is 0. The van der Waals surface area contributed by atoms with E-state index in [1.807, 2.05) is 0 Å². The van der Waals surface area contributed by atoms with Crippen LogP contribution in [-0.4, -0.2) is 4.92 Å². The van der Waals surface area contributed by atoms with Crippen LogP contribution < -0.4 is 5.32 Å². The maximum absolute atomic E-state index is 13.7. The van der Waals surface area contributed by atoms with Gasteiger partial charge in [0.05, 0.1) is 15.6 Å². The van der Waals surface area contributed by atoms with Gasteiger partial charge in [-0.25, -0.2) is 4.39 Å². The SMILES string of the molecule is N#Cc1cc(Nc2cccc(Cl)c2F)ccc1[N+](=O)[O-]. The lowest BCUT2D eigenvalue weighted by Gasteiger charge is -2.08. The molecule has 2 aromatic rings. The molecule has 7 heteroatoms. The van der Waals surface area contributed by atoms with E-state index in [-0.39, 0.29) is 22.0 Å². The monoisotopic (exact) mass is 291 g/mol. The van der Waals surface area contributed by atoms with E-state index in [0.29, 0.717) is 5.69 Å². The van der Waals surface area contributed by atoms with Crippen molar-refractivity contribution in [3.8, 4) is 6.07 Å². The molecule has 20 heavy (non-hydrogen) atoms. The number of halogens is 2. The second kappa shape index (κ2) is 5.55. The van der Waals surface area contributed by atoms with Gasteiger partial charge in [0.15, 0.2) is 5.82 Å². The highest BCUT2D eigenvalue weighted by Gasteiger charge is 2.14. The first-order valence-electron chi connectivity index (χ1n) is 5.42. The van der Waals surface area contributed by atoms with E-state index in [0.717, 1.165) is 0 Å². The Morgan fingerprint density at radius 1 is 1.35 bits per heavy atom. The Labute approximate surface area is 118 Å². The molecule has 0 amide bonds. The maximum Gasteiger partial charge on any atom is 0.287 e. The molecule has 0 aliphatic carbocycles. The van der Waals surface area contributed by atoms with Gasteiger partial charge in [-0.1, -0.05) is 17.7 Å². The molecule has 0 saturated carbocycles. The molecule has 0 saturated heterocycles. The van der Waals surface area contributed by atoms with Crippen LogP contribution >= 0.6 is 11.6 Å². The van der Waals surface area contributed by atoms with E-state index in [1.165, 1.54) is 30.3 Å². The normalized spacial score (nSPS) is 9.85. The van der Waals surface area contributed by atoms with Crippen LogP contribution in [-0.2, 0) is 0 Å². The maximum atomic E-state index is 13.7. The highest BCUT2D eigenvalue weighted by molar-refractivity contribution is 6.31. The number of nitrogens with zero attached hydrogens (tertiary/aromatic N) is 2. The Hall–Kier alpha value is -2.65. The lowest BCUT2D eigenvalue weighted by molar-refractivity contribution is -0.385. The summed E-state index contributed by atoms with van der Waals surface area (Å²) in [6.45, 7) is 0. The average molecular weight is 292 g/mol. The summed E-state index contributed by atoms with van der Waals surface area (Å²) in [5.74, 6) is -0.633. The van der Waals surface area contributed by atoms with Crippen LogP contribution in [0.15, 0.2) is 36.4 Å². The van der Waals surface area contributed by atoms with E-state index in [9.17, 15) is 14.5 Å². The topological polar surface area (TPSA) is 79.0 Å². The van der Waals surface area contributed by atoms with Gasteiger partial charge >= 0.3 is 0 Å². The summed E-state index contributed by atoms with van der Waals surface area (Å²) in [5, 5.41) is 22.3.